The highest BCUT2D eigenvalue weighted by Crippen LogP contribution is 2.34. The van der Waals surface area contributed by atoms with Gasteiger partial charge in [-0.3, -0.25) is 4.79 Å². The Bertz CT molecular complexity index is 1010. The first-order valence-electron chi connectivity index (χ1n) is 11.5. The quantitative estimate of drug-likeness (QED) is 0.290. The highest BCUT2D eigenvalue weighted by Gasteiger charge is 2.24. The Labute approximate surface area is 211 Å². The lowest BCUT2D eigenvalue weighted by molar-refractivity contribution is 0.0808. The van der Waals surface area contributed by atoms with Gasteiger partial charge in [-0.15, -0.1) is 17.9 Å². The van der Waals surface area contributed by atoms with Crippen molar-refractivity contribution in [1.82, 2.24) is 20.1 Å². The summed E-state index contributed by atoms with van der Waals surface area (Å²) in [5.74, 6) is 0.883. The zero-order valence-corrected chi connectivity index (χ0v) is 23.9. The minimum Gasteiger partial charge on any atom is -0.358 e. The van der Waals surface area contributed by atoms with Gasteiger partial charge in [-0.2, -0.15) is 5.10 Å². The lowest BCUT2D eigenvalue weighted by Gasteiger charge is -2.24. The fourth-order valence-corrected chi connectivity index (χ4v) is 4.24. The summed E-state index contributed by atoms with van der Waals surface area (Å²) >= 11 is 1.54. The number of para-hydroxylation sites is 1. The number of amides is 1. The molecule has 3 aromatic rings. The predicted molar refractivity (Wildman–Crippen MR) is 151 cm³/mol. The molecular formula is C26H42N4O2S2. The van der Waals surface area contributed by atoms with Gasteiger partial charge in [0, 0.05) is 17.5 Å². The molecule has 1 amide bonds. The molecule has 0 unspecified atom stereocenters. The number of rotatable bonds is 7. The van der Waals surface area contributed by atoms with Gasteiger partial charge in [0.1, 0.15) is 17.4 Å². The van der Waals surface area contributed by atoms with Crippen LogP contribution in [0.1, 0.15) is 51.9 Å². The lowest BCUT2D eigenvalue weighted by Crippen LogP contribution is -2.40. The maximum Gasteiger partial charge on any atom is 0.255 e. The first kappa shape index (κ1) is 29.9. The first-order chi connectivity index (χ1) is 15.9. The van der Waals surface area contributed by atoms with Crippen molar-refractivity contribution in [3.8, 4) is 10.7 Å². The molecule has 0 radical (unpaired) electrons. The maximum absolute atomic E-state index is 12.9. The van der Waals surface area contributed by atoms with E-state index in [2.05, 4.69) is 40.7 Å². The van der Waals surface area contributed by atoms with Crippen molar-refractivity contribution in [2.24, 2.45) is 0 Å². The number of carbonyl (C=O) groups excluding carboxylic acids is 1. The molecule has 0 spiro atoms. The topological polar surface area (TPSA) is 69.0 Å². The Morgan fingerprint density at radius 2 is 1.85 bits per heavy atom. The van der Waals surface area contributed by atoms with Gasteiger partial charge in [-0.1, -0.05) is 32.1 Å². The minimum absolute atomic E-state index is 0.155. The normalized spacial score (nSPS) is 11.7. The van der Waals surface area contributed by atoms with E-state index >= 15 is 0 Å². The Balaban J connectivity index is 0.00000107. The number of nitrogens with zero attached hydrogens (tertiary/aromatic N) is 3. The second-order valence-electron chi connectivity index (χ2n) is 9.36. The zero-order chi connectivity index (χ0) is 25.9. The monoisotopic (exact) mass is 506 g/mol. The van der Waals surface area contributed by atoms with Crippen molar-refractivity contribution in [1.29, 1.82) is 0 Å². The van der Waals surface area contributed by atoms with Crippen LogP contribution in [0, 0.1) is 0 Å². The number of hydrogen-bond acceptors (Lipinski definition) is 5. The third-order valence-corrected chi connectivity index (χ3v) is 6.49. The third kappa shape index (κ3) is 9.99. The van der Waals surface area contributed by atoms with Crippen LogP contribution in [0.3, 0.4) is 0 Å². The number of allylic oxidation sites excluding steroid dienone is 1. The summed E-state index contributed by atoms with van der Waals surface area (Å²) in [6, 6.07) is 7.95. The third-order valence-electron chi connectivity index (χ3n) is 4.05. The van der Waals surface area contributed by atoms with Gasteiger partial charge in [-0.25, -0.2) is 19.7 Å². The van der Waals surface area contributed by atoms with Gasteiger partial charge in [0.15, 0.2) is 0 Å². The molecule has 0 bridgehead atoms. The van der Waals surface area contributed by atoms with Crippen molar-refractivity contribution in [3.05, 3.63) is 48.7 Å². The summed E-state index contributed by atoms with van der Waals surface area (Å²) in [5.41, 5.74) is 1.69. The van der Waals surface area contributed by atoms with Crippen LogP contribution in [-0.4, -0.2) is 57.3 Å². The van der Waals surface area contributed by atoms with E-state index in [1.54, 1.807) is 28.3 Å². The number of ether oxygens (including phenoxy) is 1. The summed E-state index contributed by atoms with van der Waals surface area (Å²) in [7, 11) is -0.600. The van der Waals surface area contributed by atoms with E-state index in [-0.39, 0.29) is 11.4 Å². The molecule has 0 aliphatic rings. The largest absolute Gasteiger partial charge is 0.358 e. The summed E-state index contributed by atoms with van der Waals surface area (Å²) in [5, 5.41) is 8.41. The summed E-state index contributed by atoms with van der Waals surface area (Å²) in [6.45, 7) is 16.1. The molecule has 1 N–H and O–H groups in total. The predicted octanol–water partition coefficient (Wildman–Crippen LogP) is 6.57. The highest BCUT2D eigenvalue weighted by atomic mass is 32.3. The molecule has 190 valence electrons. The number of fused-ring (bicyclic) bond motifs is 1. The van der Waals surface area contributed by atoms with E-state index in [4.69, 9.17) is 4.74 Å². The number of carbonyl (C=O) groups is 1. The van der Waals surface area contributed by atoms with E-state index in [9.17, 15) is 4.79 Å². The van der Waals surface area contributed by atoms with Crippen LogP contribution in [0.5, 0.6) is 0 Å². The van der Waals surface area contributed by atoms with Gasteiger partial charge >= 0.3 is 0 Å². The Morgan fingerprint density at radius 1 is 1.24 bits per heavy atom. The van der Waals surface area contributed by atoms with Crippen LogP contribution in [0.25, 0.3) is 20.9 Å². The standard InChI is InChI=1S/C21H30N4O2S2.C3H6.C2H6/c1-21(2,3)23-19(26)15-13-25(14-27-11-12-29(4,5)6)24-18(15)20-22-16-9-7-8-10-17(16)28-20;1-3-2;1-2/h7-10,13H,11-12,14H2,1-6H3,(H,23,26);3H,1H2,2H3;1-2H3. The molecule has 0 saturated carbocycles. The van der Waals surface area contributed by atoms with Gasteiger partial charge in [-0.05, 0) is 58.6 Å². The average molecular weight is 507 g/mol. The number of aromatic nitrogens is 3. The van der Waals surface area contributed by atoms with Crippen molar-refractivity contribution in [2.75, 3.05) is 31.1 Å². The number of nitrogens with one attached hydrogen (secondary N) is 1. The SMILES string of the molecule is C=CC.CC.CC(C)(C)NC(=O)c1cn(COCCS(C)(C)C)nc1-c1nc2ccccc2s1. The van der Waals surface area contributed by atoms with Crippen LogP contribution in [0.2, 0.25) is 0 Å². The van der Waals surface area contributed by atoms with Crippen molar-refractivity contribution < 1.29 is 9.53 Å². The van der Waals surface area contributed by atoms with Crippen LogP contribution in [-0.2, 0) is 11.5 Å². The summed E-state index contributed by atoms with van der Waals surface area (Å²) < 4.78 is 8.58. The maximum atomic E-state index is 12.9. The van der Waals surface area contributed by atoms with Crippen molar-refractivity contribution >= 4 is 37.5 Å². The van der Waals surface area contributed by atoms with Crippen LogP contribution < -0.4 is 5.32 Å². The molecule has 1 aromatic carbocycles. The van der Waals surface area contributed by atoms with Gasteiger partial charge in [0.25, 0.3) is 5.91 Å². The number of hydrogen-bond donors (Lipinski definition) is 1. The fraction of sp³-hybridized carbons (Fsp3) is 0.500. The molecule has 0 atom stereocenters. The van der Waals surface area contributed by atoms with E-state index < -0.39 is 10.0 Å². The molecule has 3 rings (SSSR count). The average Bonchev–Trinajstić information content (AvgIpc) is 3.35. The zero-order valence-electron chi connectivity index (χ0n) is 22.3. The minimum atomic E-state index is -0.600. The van der Waals surface area contributed by atoms with Gasteiger partial charge < -0.3 is 10.1 Å². The molecule has 2 heterocycles. The first-order valence-corrected chi connectivity index (χ1v) is 15.3. The molecule has 0 aliphatic carbocycles. The molecule has 8 heteroatoms. The molecule has 34 heavy (non-hydrogen) atoms. The Kier molecular flexibility index (Phi) is 12.0. The Morgan fingerprint density at radius 3 is 2.41 bits per heavy atom. The highest BCUT2D eigenvalue weighted by molar-refractivity contribution is 8.32. The van der Waals surface area contributed by atoms with E-state index in [1.807, 2.05) is 65.8 Å². The molecule has 0 aliphatic heterocycles. The van der Waals surface area contributed by atoms with Crippen LogP contribution in [0.4, 0.5) is 0 Å². The molecule has 2 aromatic heterocycles. The number of thiazole rings is 1. The van der Waals surface area contributed by atoms with Crippen LogP contribution >= 0.6 is 21.4 Å². The molecule has 6 nitrogen and oxygen atoms in total. The van der Waals surface area contributed by atoms with E-state index in [0.717, 1.165) is 21.0 Å². The second-order valence-corrected chi connectivity index (χ2v) is 15.0. The van der Waals surface area contributed by atoms with Gasteiger partial charge in [0.05, 0.1) is 22.4 Å². The van der Waals surface area contributed by atoms with Gasteiger partial charge in [0.2, 0.25) is 0 Å². The molecule has 0 saturated heterocycles. The molecular weight excluding hydrogens is 464 g/mol. The summed E-state index contributed by atoms with van der Waals surface area (Å²) in [6.07, 6.45) is 10.3. The fourth-order valence-electron chi connectivity index (χ4n) is 2.66. The molecule has 0 fully saturated rings. The summed E-state index contributed by atoms with van der Waals surface area (Å²) in [4.78, 5) is 17.6. The lowest BCUT2D eigenvalue weighted by atomic mass is 10.1. The van der Waals surface area contributed by atoms with Crippen LogP contribution in [0.15, 0.2) is 43.1 Å². The van der Waals surface area contributed by atoms with E-state index in [0.29, 0.717) is 24.6 Å². The van der Waals surface area contributed by atoms with Crippen molar-refractivity contribution in [3.63, 3.8) is 0 Å². The van der Waals surface area contributed by atoms with Crippen molar-refractivity contribution in [2.45, 2.75) is 53.8 Å². The Hall–Kier alpha value is -2.16. The van der Waals surface area contributed by atoms with E-state index in [1.165, 1.54) is 0 Å². The smallest absolute Gasteiger partial charge is 0.255 e. The number of benzene rings is 1. The second kappa shape index (κ2) is 13.7.